The molecule has 0 saturated carbocycles. The molecule has 1 aliphatic carbocycles. The van der Waals surface area contributed by atoms with Gasteiger partial charge in [0, 0.05) is 12.5 Å². The van der Waals surface area contributed by atoms with Crippen molar-refractivity contribution in [1.29, 1.82) is 0 Å². The lowest BCUT2D eigenvalue weighted by molar-refractivity contribution is -0.136. The van der Waals surface area contributed by atoms with Gasteiger partial charge in [-0.3, -0.25) is 4.79 Å². The number of benzene rings is 1. The molecule has 0 fully saturated rings. The first-order chi connectivity index (χ1) is 10.4. The summed E-state index contributed by atoms with van der Waals surface area (Å²) in [6.45, 7) is 7.65. The zero-order chi connectivity index (χ0) is 16.3. The van der Waals surface area contributed by atoms with Crippen molar-refractivity contribution in [2.45, 2.75) is 34.1 Å². The van der Waals surface area contributed by atoms with Crippen LogP contribution in [0.4, 0.5) is 0 Å². The summed E-state index contributed by atoms with van der Waals surface area (Å²) >= 11 is 6.61. The quantitative estimate of drug-likeness (QED) is 0.677. The molecule has 22 heavy (non-hydrogen) atoms. The minimum atomic E-state index is -0.353. The molecule has 0 radical (unpaired) electrons. The van der Waals surface area contributed by atoms with Gasteiger partial charge in [-0.15, -0.1) is 0 Å². The Hall–Kier alpha value is -1.80. The second-order valence-corrected chi connectivity index (χ2v) is 6.17. The maximum atomic E-state index is 11.4. The minimum absolute atomic E-state index is 0.353. The maximum absolute atomic E-state index is 11.4. The van der Waals surface area contributed by atoms with E-state index in [-0.39, 0.29) is 5.97 Å². The van der Waals surface area contributed by atoms with Crippen LogP contribution in [0.2, 0.25) is 0 Å². The second-order valence-electron chi connectivity index (χ2n) is 5.79. The molecule has 1 aromatic rings. The Balaban J connectivity index is 2.67. The van der Waals surface area contributed by atoms with Gasteiger partial charge in [-0.1, -0.05) is 60.5 Å². The summed E-state index contributed by atoms with van der Waals surface area (Å²) in [5.41, 5.74) is 4.16. The first kappa shape index (κ1) is 16.6. The average molecular weight is 317 g/mol. The smallest absolute Gasteiger partial charge is 0.308 e. The van der Waals surface area contributed by atoms with Gasteiger partial charge in [-0.25, -0.2) is 0 Å². The topological polar surface area (TPSA) is 26.3 Å². The molecular weight excluding hydrogens is 296 g/mol. The number of hydrogen-bond donors (Lipinski definition) is 0. The van der Waals surface area contributed by atoms with Crippen LogP contribution >= 0.6 is 11.6 Å². The van der Waals surface area contributed by atoms with Crippen molar-refractivity contribution in [2.75, 3.05) is 0 Å². The molecule has 0 aliphatic heterocycles. The molecule has 0 bridgehead atoms. The SMILES string of the molecule is CC(=O)OC1=C(\C)CC(C)\C(C)=C/C(c2ccccc2)=C\1Cl. The molecule has 1 atom stereocenters. The van der Waals surface area contributed by atoms with Gasteiger partial charge in [0.1, 0.15) is 5.76 Å². The molecule has 1 aliphatic rings. The van der Waals surface area contributed by atoms with E-state index < -0.39 is 0 Å². The highest BCUT2D eigenvalue weighted by molar-refractivity contribution is 6.35. The van der Waals surface area contributed by atoms with Crippen molar-refractivity contribution in [3.63, 3.8) is 0 Å². The zero-order valence-corrected chi connectivity index (χ0v) is 14.2. The Kier molecular flexibility index (Phi) is 5.25. The third kappa shape index (κ3) is 3.69. The van der Waals surface area contributed by atoms with Gasteiger partial charge >= 0.3 is 5.97 Å². The van der Waals surface area contributed by atoms with Gasteiger partial charge in [-0.2, -0.15) is 0 Å². The van der Waals surface area contributed by atoms with Crippen LogP contribution in [0.1, 0.15) is 39.7 Å². The third-order valence-corrected chi connectivity index (χ3v) is 4.29. The third-order valence-electron chi connectivity index (χ3n) is 3.92. The molecule has 0 N–H and O–H groups in total. The predicted molar refractivity (Wildman–Crippen MR) is 91.2 cm³/mol. The molecule has 116 valence electrons. The van der Waals surface area contributed by atoms with Crippen LogP contribution in [-0.4, -0.2) is 5.97 Å². The Bertz CT molecular complexity index is 666. The van der Waals surface area contributed by atoms with Crippen molar-refractivity contribution in [3.05, 3.63) is 63.9 Å². The fourth-order valence-corrected chi connectivity index (χ4v) is 2.92. The molecule has 2 nitrogen and oxygen atoms in total. The average Bonchev–Trinajstić information content (AvgIpc) is 2.49. The summed E-state index contributed by atoms with van der Waals surface area (Å²) in [4.78, 5) is 11.4. The van der Waals surface area contributed by atoms with E-state index in [1.807, 2.05) is 37.3 Å². The van der Waals surface area contributed by atoms with E-state index in [0.717, 1.165) is 23.1 Å². The number of allylic oxidation sites excluding steroid dienone is 5. The van der Waals surface area contributed by atoms with E-state index in [1.165, 1.54) is 12.5 Å². The number of rotatable bonds is 2. The lowest BCUT2D eigenvalue weighted by Crippen LogP contribution is -2.09. The highest BCUT2D eigenvalue weighted by Crippen LogP contribution is 2.36. The first-order valence-corrected chi connectivity index (χ1v) is 7.80. The standard InChI is InChI=1S/C19H21ClO2/c1-12-10-14(3)19(22-15(4)21)18(20)17(11-13(12)2)16-8-6-5-7-9-16/h5-9,11-12H,10H2,1-4H3/b13-11-,18-17-,19-14+. The molecule has 2 rings (SSSR count). The van der Waals surface area contributed by atoms with Crippen LogP contribution in [-0.2, 0) is 9.53 Å². The lowest BCUT2D eigenvalue weighted by atomic mass is 9.89. The molecule has 0 heterocycles. The highest BCUT2D eigenvalue weighted by Gasteiger charge is 2.21. The number of carbonyl (C=O) groups is 1. The zero-order valence-electron chi connectivity index (χ0n) is 13.4. The van der Waals surface area contributed by atoms with Gasteiger partial charge in [0.15, 0.2) is 0 Å². The molecule has 0 spiro atoms. The van der Waals surface area contributed by atoms with Crippen LogP contribution in [0.15, 0.2) is 58.3 Å². The summed E-state index contributed by atoms with van der Waals surface area (Å²) in [5.74, 6) is 0.506. The van der Waals surface area contributed by atoms with Crippen LogP contribution in [0.5, 0.6) is 0 Å². The summed E-state index contributed by atoms with van der Waals surface area (Å²) in [6.07, 6.45) is 2.92. The first-order valence-electron chi connectivity index (χ1n) is 7.42. The molecule has 1 aromatic carbocycles. The van der Waals surface area contributed by atoms with E-state index in [1.54, 1.807) is 0 Å². The minimum Gasteiger partial charge on any atom is -0.425 e. The van der Waals surface area contributed by atoms with Crippen molar-refractivity contribution in [2.24, 2.45) is 5.92 Å². The monoisotopic (exact) mass is 316 g/mol. The number of esters is 1. The van der Waals surface area contributed by atoms with Gasteiger partial charge in [0.05, 0.1) is 5.03 Å². The summed E-state index contributed by atoms with van der Waals surface area (Å²) in [6, 6.07) is 9.93. The van der Waals surface area contributed by atoms with Gasteiger partial charge in [-0.05, 0) is 37.3 Å². The summed E-state index contributed by atoms with van der Waals surface area (Å²) in [5, 5.41) is 0.491. The van der Waals surface area contributed by atoms with Crippen molar-refractivity contribution in [1.82, 2.24) is 0 Å². The number of ether oxygens (including phenoxy) is 1. The lowest BCUT2D eigenvalue weighted by Gasteiger charge is -2.21. The molecule has 1 unspecified atom stereocenters. The molecule has 0 saturated heterocycles. The summed E-state index contributed by atoms with van der Waals surface area (Å²) < 4.78 is 5.41. The van der Waals surface area contributed by atoms with E-state index in [2.05, 4.69) is 19.9 Å². The molecule has 3 heteroatoms. The summed E-state index contributed by atoms with van der Waals surface area (Å²) in [7, 11) is 0. The van der Waals surface area contributed by atoms with Crippen LogP contribution in [0, 0.1) is 5.92 Å². The normalized spacial score (nSPS) is 28.4. The van der Waals surface area contributed by atoms with Gasteiger partial charge < -0.3 is 4.74 Å². The van der Waals surface area contributed by atoms with E-state index >= 15 is 0 Å². The largest absolute Gasteiger partial charge is 0.425 e. The Labute approximate surface area is 137 Å². The maximum Gasteiger partial charge on any atom is 0.308 e. The number of halogens is 1. The second kappa shape index (κ2) is 6.97. The predicted octanol–water partition coefficient (Wildman–Crippen LogP) is 5.46. The van der Waals surface area contributed by atoms with E-state index in [4.69, 9.17) is 16.3 Å². The van der Waals surface area contributed by atoms with Crippen LogP contribution in [0.3, 0.4) is 0 Å². The van der Waals surface area contributed by atoms with Crippen molar-refractivity contribution in [3.8, 4) is 0 Å². The van der Waals surface area contributed by atoms with Crippen molar-refractivity contribution < 1.29 is 9.53 Å². The van der Waals surface area contributed by atoms with E-state index in [0.29, 0.717) is 16.7 Å². The van der Waals surface area contributed by atoms with Crippen molar-refractivity contribution >= 4 is 23.1 Å². The fourth-order valence-electron chi connectivity index (χ4n) is 2.56. The fraction of sp³-hybridized carbons (Fsp3) is 0.316. The Morgan fingerprint density at radius 3 is 2.45 bits per heavy atom. The molecule has 0 aromatic heterocycles. The van der Waals surface area contributed by atoms with Crippen LogP contribution in [0.25, 0.3) is 5.57 Å². The number of carbonyl (C=O) groups excluding carboxylic acids is 1. The highest BCUT2D eigenvalue weighted by atomic mass is 35.5. The Morgan fingerprint density at radius 1 is 1.23 bits per heavy atom. The van der Waals surface area contributed by atoms with Gasteiger partial charge in [0.25, 0.3) is 0 Å². The molecule has 0 amide bonds. The Morgan fingerprint density at radius 2 is 1.86 bits per heavy atom. The number of hydrogen-bond acceptors (Lipinski definition) is 2. The van der Waals surface area contributed by atoms with E-state index in [9.17, 15) is 4.79 Å². The van der Waals surface area contributed by atoms with Gasteiger partial charge in [0.2, 0.25) is 0 Å². The molecular formula is C19H21ClO2. The van der Waals surface area contributed by atoms with Crippen LogP contribution < -0.4 is 0 Å².